The number of nitrogens with zero attached hydrogens (tertiary/aromatic N) is 1. The molecule has 3 aromatic rings. The molecule has 5 heteroatoms. The summed E-state index contributed by atoms with van der Waals surface area (Å²) >= 11 is 1.55. The fourth-order valence-corrected chi connectivity index (χ4v) is 2.98. The van der Waals surface area contributed by atoms with Crippen molar-refractivity contribution in [3.63, 3.8) is 0 Å². The fourth-order valence-electron chi connectivity index (χ4n) is 2.40. The number of carbonyl (C=O) groups excluding carboxylic acids is 1. The lowest BCUT2D eigenvalue weighted by Gasteiger charge is -2.11. The lowest BCUT2D eigenvalue weighted by Crippen LogP contribution is -2.03. The van der Waals surface area contributed by atoms with Gasteiger partial charge >= 0.3 is 0 Å². The minimum atomic E-state index is -0.138. The average molecular weight is 365 g/mol. The molecule has 1 aromatic heterocycles. The van der Waals surface area contributed by atoms with Crippen molar-refractivity contribution in [2.24, 2.45) is 0 Å². The molecule has 0 aliphatic carbocycles. The molecule has 0 fully saturated rings. The zero-order chi connectivity index (χ0) is 18.4. The summed E-state index contributed by atoms with van der Waals surface area (Å²) in [4.78, 5) is 17.0. The molecule has 4 nitrogen and oxygen atoms in total. The molecule has 0 bridgehead atoms. The van der Waals surface area contributed by atoms with Crippen LogP contribution in [0.5, 0.6) is 11.5 Å². The van der Waals surface area contributed by atoms with Crippen molar-refractivity contribution in [2.45, 2.75) is 13.5 Å². The van der Waals surface area contributed by atoms with E-state index in [2.05, 4.69) is 4.98 Å². The Morgan fingerprint density at radius 1 is 1.19 bits per heavy atom. The third-order valence-corrected chi connectivity index (χ3v) is 4.53. The molecule has 0 unspecified atom stereocenters. The molecule has 0 saturated heterocycles. The number of ether oxygens (including phenoxy) is 2. The van der Waals surface area contributed by atoms with Crippen LogP contribution in [0.25, 0.3) is 6.08 Å². The van der Waals surface area contributed by atoms with Crippen LogP contribution in [0.1, 0.15) is 26.6 Å². The van der Waals surface area contributed by atoms with Crippen LogP contribution in [0.15, 0.2) is 60.0 Å². The van der Waals surface area contributed by atoms with E-state index in [9.17, 15) is 4.79 Å². The summed E-state index contributed by atoms with van der Waals surface area (Å²) < 4.78 is 11.2. The molecular formula is C21H19NO3S. The van der Waals surface area contributed by atoms with Gasteiger partial charge in [-0.2, -0.15) is 0 Å². The van der Waals surface area contributed by atoms with Crippen LogP contribution in [0.4, 0.5) is 0 Å². The number of methoxy groups -OCH3 is 1. The molecule has 0 amide bonds. The molecular weight excluding hydrogens is 346 g/mol. The van der Waals surface area contributed by atoms with Crippen LogP contribution < -0.4 is 9.47 Å². The third-order valence-electron chi connectivity index (χ3n) is 3.73. The van der Waals surface area contributed by atoms with E-state index in [0.29, 0.717) is 23.7 Å². The molecule has 0 saturated carbocycles. The zero-order valence-electron chi connectivity index (χ0n) is 14.6. The van der Waals surface area contributed by atoms with Crippen LogP contribution in [0.2, 0.25) is 0 Å². The van der Waals surface area contributed by atoms with Gasteiger partial charge in [0.15, 0.2) is 5.78 Å². The Morgan fingerprint density at radius 2 is 2.00 bits per heavy atom. The number of benzene rings is 2. The first-order valence-electron chi connectivity index (χ1n) is 8.15. The van der Waals surface area contributed by atoms with Gasteiger partial charge in [-0.05, 0) is 36.8 Å². The van der Waals surface area contributed by atoms with E-state index in [4.69, 9.17) is 9.47 Å². The number of hydrogen-bond donors (Lipinski definition) is 0. The highest BCUT2D eigenvalue weighted by Crippen LogP contribution is 2.27. The molecule has 0 radical (unpaired) electrons. The fraction of sp³-hybridized carbons (Fsp3) is 0.143. The van der Waals surface area contributed by atoms with E-state index in [-0.39, 0.29) is 5.78 Å². The molecule has 0 aliphatic rings. The second-order valence-corrected chi connectivity index (χ2v) is 6.69. The smallest absolute Gasteiger partial charge is 0.189 e. The first-order chi connectivity index (χ1) is 12.7. The summed E-state index contributed by atoms with van der Waals surface area (Å²) in [7, 11) is 1.59. The number of hydrogen-bond acceptors (Lipinski definition) is 5. The Morgan fingerprint density at radius 3 is 2.69 bits per heavy atom. The minimum absolute atomic E-state index is 0.138. The van der Waals surface area contributed by atoms with E-state index in [1.54, 1.807) is 42.7 Å². The van der Waals surface area contributed by atoms with Gasteiger partial charge in [0.1, 0.15) is 18.1 Å². The first-order valence-corrected chi connectivity index (χ1v) is 9.03. The summed E-state index contributed by atoms with van der Waals surface area (Å²) in [5.41, 5.74) is 2.30. The molecule has 0 aliphatic heterocycles. The maximum absolute atomic E-state index is 12.6. The predicted molar refractivity (Wildman–Crippen MR) is 104 cm³/mol. The minimum Gasteiger partial charge on any atom is -0.497 e. The second kappa shape index (κ2) is 8.45. The quantitative estimate of drug-likeness (QED) is 0.440. The highest BCUT2D eigenvalue weighted by atomic mass is 32.1. The Balaban J connectivity index is 1.80. The Hall–Kier alpha value is -2.92. The van der Waals surface area contributed by atoms with Crippen molar-refractivity contribution in [2.75, 3.05) is 7.11 Å². The number of rotatable bonds is 7. The largest absolute Gasteiger partial charge is 0.497 e. The van der Waals surface area contributed by atoms with E-state index in [1.165, 1.54) is 6.08 Å². The van der Waals surface area contributed by atoms with E-state index in [0.717, 1.165) is 16.3 Å². The standard InChI is InChI=1S/C21H19NO3S/c1-15-22-17(14-26-15)8-11-20(23)19-10-9-18(24-2)12-21(19)25-13-16-6-4-3-5-7-16/h3-12,14H,13H2,1-2H3. The number of ketones is 1. The summed E-state index contributed by atoms with van der Waals surface area (Å²) in [5.74, 6) is 1.00. The number of carbonyl (C=O) groups is 1. The van der Waals surface area contributed by atoms with Crippen LogP contribution in [-0.4, -0.2) is 17.9 Å². The van der Waals surface area contributed by atoms with Gasteiger partial charge in [-0.1, -0.05) is 30.3 Å². The molecule has 0 N–H and O–H groups in total. The number of allylic oxidation sites excluding steroid dienone is 1. The van der Waals surface area contributed by atoms with E-state index < -0.39 is 0 Å². The van der Waals surface area contributed by atoms with Crippen molar-refractivity contribution in [1.82, 2.24) is 4.98 Å². The molecule has 3 rings (SSSR count). The summed E-state index contributed by atoms with van der Waals surface area (Å²) in [6.45, 7) is 2.31. The maximum atomic E-state index is 12.6. The van der Waals surface area contributed by atoms with Crippen molar-refractivity contribution >= 4 is 23.2 Å². The molecule has 132 valence electrons. The van der Waals surface area contributed by atoms with Crippen LogP contribution in [-0.2, 0) is 6.61 Å². The third kappa shape index (κ3) is 4.58. The number of aromatic nitrogens is 1. The normalized spacial score (nSPS) is 10.8. The monoisotopic (exact) mass is 365 g/mol. The van der Waals surface area contributed by atoms with E-state index in [1.807, 2.05) is 42.6 Å². The maximum Gasteiger partial charge on any atom is 0.189 e. The highest BCUT2D eigenvalue weighted by Gasteiger charge is 2.12. The Labute approximate surface area is 156 Å². The van der Waals surface area contributed by atoms with Gasteiger partial charge in [-0.15, -0.1) is 11.3 Å². The lowest BCUT2D eigenvalue weighted by molar-refractivity contribution is 0.104. The molecule has 2 aromatic carbocycles. The first kappa shape index (κ1) is 17.9. The average Bonchev–Trinajstić information content (AvgIpc) is 3.10. The van der Waals surface area contributed by atoms with Gasteiger partial charge in [-0.25, -0.2) is 4.98 Å². The molecule has 26 heavy (non-hydrogen) atoms. The lowest BCUT2D eigenvalue weighted by atomic mass is 10.1. The molecule has 0 atom stereocenters. The molecule has 1 heterocycles. The highest BCUT2D eigenvalue weighted by molar-refractivity contribution is 7.09. The van der Waals surface area contributed by atoms with Gasteiger partial charge in [0.2, 0.25) is 0 Å². The second-order valence-electron chi connectivity index (χ2n) is 5.63. The summed E-state index contributed by atoms with van der Waals surface area (Å²) in [6, 6.07) is 15.0. The van der Waals surface area contributed by atoms with Crippen molar-refractivity contribution < 1.29 is 14.3 Å². The summed E-state index contributed by atoms with van der Waals surface area (Å²) in [6.07, 6.45) is 3.24. The topological polar surface area (TPSA) is 48.4 Å². The number of aryl methyl sites for hydroxylation is 1. The predicted octanol–water partition coefficient (Wildman–Crippen LogP) is 4.94. The zero-order valence-corrected chi connectivity index (χ0v) is 15.5. The van der Waals surface area contributed by atoms with Crippen LogP contribution >= 0.6 is 11.3 Å². The van der Waals surface area contributed by atoms with Crippen molar-refractivity contribution in [3.05, 3.63) is 81.8 Å². The van der Waals surface area contributed by atoms with Gasteiger partial charge in [-0.3, -0.25) is 4.79 Å². The van der Waals surface area contributed by atoms with Gasteiger partial charge < -0.3 is 9.47 Å². The van der Waals surface area contributed by atoms with Crippen molar-refractivity contribution in [3.8, 4) is 11.5 Å². The van der Waals surface area contributed by atoms with Crippen LogP contribution in [0.3, 0.4) is 0 Å². The Kier molecular flexibility index (Phi) is 5.81. The molecule has 0 spiro atoms. The van der Waals surface area contributed by atoms with E-state index >= 15 is 0 Å². The van der Waals surface area contributed by atoms with Gasteiger partial charge in [0, 0.05) is 11.4 Å². The van der Waals surface area contributed by atoms with Crippen LogP contribution in [0, 0.1) is 6.92 Å². The SMILES string of the molecule is COc1ccc(C(=O)C=Cc2csc(C)n2)c(OCc2ccccc2)c1. The van der Waals surface area contributed by atoms with Gasteiger partial charge in [0.25, 0.3) is 0 Å². The summed E-state index contributed by atoms with van der Waals surface area (Å²) in [5, 5.41) is 2.88. The van der Waals surface area contributed by atoms with Crippen molar-refractivity contribution in [1.29, 1.82) is 0 Å². The van der Waals surface area contributed by atoms with Gasteiger partial charge in [0.05, 0.1) is 23.4 Å². The Bertz CT molecular complexity index is 916. The number of thiazole rings is 1.